The Morgan fingerprint density at radius 3 is 2.18 bits per heavy atom. The summed E-state index contributed by atoms with van der Waals surface area (Å²) < 4.78 is 10.0. The lowest BCUT2D eigenvalue weighted by molar-refractivity contribution is -0.155. The largest absolute Gasteiger partial charge is 0.462 e. The minimum Gasteiger partial charge on any atom is -0.462 e. The lowest BCUT2D eigenvalue weighted by Crippen LogP contribution is -2.35. The van der Waals surface area contributed by atoms with Crippen LogP contribution >= 0.6 is 0 Å². The van der Waals surface area contributed by atoms with E-state index < -0.39 is 17.6 Å². The monoisotopic (exact) mass is 245 g/mol. The van der Waals surface area contributed by atoms with Gasteiger partial charge in [-0.3, -0.25) is 9.59 Å². The van der Waals surface area contributed by atoms with E-state index in [0.717, 1.165) is 0 Å². The van der Waals surface area contributed by atoms with E-state index in [-0.39, 0.29) is 24.9 Å². The molecule has 100 valence electrons. The summed E-state index contributed by atoms with van der Waals surface area (Å²) in [7, 11) is 0. The molecule has 17 heavy (non-hydrogen) atoms. The fourth-order valence-corrected chi connectivity index (χ4v) is 1.10. The van der Waals surface area contributed by atoms with E-state index in [0.29, 0.717) is 0 Å². The number of carbonyl (C=O) groups excluding carboxylic acids is 2. The van der Waals surface area contributed by atoms with Crippen molar-refractivity contribution in [2.24, 2.45) is 5.73 Å². The van der Waals surface area contributed by atoms with Gasteiger partial charge in [-0.2, -0.15) is 0 Å². The van der Waals surface area contributed by atoms with Crippen LogP contribution in [0.3, 0.4) is 0 Å². The zero-order chi connectivity index (χ0) is 13.6. The van der Waals surface area contributed by atoms with E-state index >= 15 is 0 Å². The molecule has 1 atom stereocenters. The molecule has 0 radical (unpaired) electrons. The summed E-state index contributed by atoms with van der Waals surface area (Å²) >= 11 is 0. The normalized spacial score (nSPS) is 13.4. The van der Waals surface area contributed by atoms with Crippen LogP contribution in [0, 0.1) is 0 Å². The van der Waals surface area contributed by atoms with Crippen LogP contribution in [0.15, 0.2) is 0 Å². The molecule has 0 fully saturated rings. The van der Waals surface area contributed by atoms with Crippen LogP contribution in [0.2, 0.25) is 0 Å². The summed E-state index contributed by atoms with van der Waals surface area (Å²) in [4.78, 5) is 22.7. The van der Waals surface area contributed by atoms with Gasteiger partial charge in [0.2, 0.25) is 0 Å². The highest BCUT2D eigenvalue weighted by atomic mass is 16.6. The molecule has 0 aliphatic rings. The third-order valence-electron chi connectivity index (χ3n) is 1.73. The van der Waals surface area contributed by atoms with Crippen molar-refractivity contribution in [1.29, 1.82) is 0 Å². The summed E-state index contributed by atoms with van der Waals surface area (Å²) in [6.45, 7) is 8.87. The molecule has 5 heteroatoms. The molecular weight excluding hydrogens is 222 g/mol. The van der Waals surface area contributed by atoms with Crippen molar-refractivity contribution in [3.63, 3.8) is 0 Å². The van der Waals surface area contributed by atoms with Gasteiger partial charge >= 0.3 is 11.9 Å². The van der Waals surface area contributed by atoms with Crippen LogP contribution in [-0.2, 0) is 19.1 Å². The van der Waals surface area contributed by atoms with E-state index in [4.69, 9.17) is 15.2 Å². The number of hydrogen-bond donors (Lipinski definition) is 1. The molecule has 0 aromatic heterocycles. The minimum atomic E-state index is -0.773. The Morgan fingerprint density at radius 1 is 1.24 bits per heavy atom. The van der Waals surface area contributed by atoms with Crippen molar-refractivity contribution in [2.75, 3.05) is 0 Å². The molecule has 0 heterocycles. The molecule has 0 spiro atoms. The highest BCUT2D eigenvalue weighted by Gasteiger charge is 2.20. The molecular formula is C12H23NO4. The van der Waals surface area contributed by atoms with Crippen molar-refractivity contribution in [2.45, 2.75) is 65.2 Å². The van der Waals surface area contributed by atoms with Gasteiger partial charge in [0, 0.05) is 6.42 Å². The standard InChI is InChI=1S/C12H23NO4/c1-8(2)16-11(15)9(13)6-7-10(14)17-12(3,4)5/h8-9H,6-7,13H2,1-5H3/t9-/m1/s1. The Balaban J connectivity index is 3.95. The first-order valence-corrected chi connectivity index (χ1v) is 5.79. The number of hydrogen-bond acceptors (Lipinski definition) is 5. The van der Waals surface area contributed by atoms with Crippen LogP contribution in [-0.4, -0.2) is 29.7 Å². The molecule has 0 unspecified atom stereocenters. The minimum absolute atomic E-state index is 0.117. The average Bonchev–Trinajstić information content (AvgIpc) is 2.10. The van der Waals surface area contributed by atoms with Crippen molar-refractivity contribution >= 4 is 11.9 Å². The van der Waals surface area contributed by atoms with Gasteiger partial charge in [-0.05, 0) is 41.0 Å². The highest BCUT2D eigenvalue weighted by molar-refractivity contribution is 5.77. The molecule has 0 amide bonds. The first-order chi connectivity index (χ1) is 7.61. The summed E-state index contributed by atoms with van der Waals surface area (Å²) in [5.74, 6) is -0.839. The molecule has 5 nitrogen and oxygen atoms in total. The van der Waals surface area contributed by atoms with Crippen molar-refractivity contribution < 1.29 is 19.1 Å². The van der Waals surface area contributed by atoms with E-state index in [1.165, 1.54) is 0 Å². The quantitative estimate of drug-likeness (QED) is 0.740. The maximum Gasteiger partial charge on any atom is 0.323 e. The maximum atomic E-state index is 11.4. The summed E-state index contributed by atoms with van der Waals surface area (Å²) in [6, 6.07) is -0.773. The van der Waals surface area contributed by atoms with Gasteiger partial charge in [0.05, 0.1) is 6.10 Å². The average molecular weight is 245 g/mol. The lowest BCUT2D eigenvalue weighted by atomic mass is 10.1. The van der Waals surface area contributed by atoms with E-state index in [2.05, 4.69) is 0 Å². The summed E-state index contributed by atoms with van der Waals surface area (Å²) in [5.41, 5.74) is 5.08. The molecule has 0 bridgehead atoms. The molecule has 0 aliphatic heterocycles. The molecule has 0 aromatic rings. The van der Waals surface area contributed by atoms with Gasteiger partial charge in [-0.15, -0.1) is 0 Å². The Labute approximate surface area is 103 Å². The van der Waals surface area contributed by atoms with Gasteiger partial charge < -0.3 is 15.2 Å². The number of rotatable bonds is 5. The molecule has 0 aromatic carbocycles. The van der Waals surface area contributed by atoms with Crippen LogP contribution in [0.4, 0.5) is 0 Å². The molecule has 0 saturated carbocycles. The molecule has 0 aliphatic carbocycles. The van der Waals surface area contributed by atoms with E-state index in [1.54, 1.807) is 34.6 Å². The van der Waals surface area contributed by atoms with Gasteiger partial charge in [0.25, 0.3) is 0 Å². The highest BCUT2D eigenvalue weighted by Crippen LogP contribution is 2.10. The van der Waals surface area contributed by atoms with Crippen LogP contribution in [0.25, 0.3) is 0 Å². The smallest absolute Gasteiger partial charge is 0.323 e. The summed E-state index contributed by atoms with van der Waals surface area (Å²) in [5, 5.41) is 0. The first-order valence-electron chi connectivity index (χ1n) is 5.79. The number of carbonyl (C=O) groups is 2. The number of nitrogens with two attached hydrogens (primary N) is 1. The lowest BCUT2D eigenvalue weighted by Gasteiger charge is -2.20. The topological polar surface area (TPSA) is 78.6 Å². The Kier molecular flexibility index (Phi) is 6.16. The van der Waals surface area contributed by atoms with E-state index in [9.17, 15) is 9.59 Å². The van der Waals surface area contributed by atoms with Crippen molar-refractivity contribution in [3.05, 3.63) is 0 Å². The molecule has 0 saturated heterocycles. The predicted molar refractivity (Wildman–Crippen MR) is 64.3 cm³/mol. The Morgan fingerprint density at radius 2 is 1.76 bits per heavy atom. The van der Waals surface area contributed by atoms with Crippen LogP contribution in [0.5, 0.6) is 0 Å². The molecule has 0 rings (SSSR count). The third-order valence-corrected chi connectivity index (χ3v) is 1.73. The fraction of sp³-hybridized carbons (Fsp3) is 0.833. The van der Waals surface area contributed by atoms with Gasteiger partial charge in [0.15, 0.2) is 0 Å². The number of esters is 2. The zero-order valence-corrected chi connectivity index (χ0v) is 11.3. The van der Waals surface area contributed by atoms with Crippen LogP contribution in [0.1, 0.15) is 47.5 Å². The van der Waals surface area contributed by atoms with Crippen molar-refractivity contribution in [3.8, 4) is 0 Å². The number of ether oxygens (including phenoxy) is 2. The van der Waals surface area contributed by atoms with Gasteiger partial charge in [0.1, 0.15) is 11.6 Å². The molecule has 2 N–H and O–H groups in total. The Hall–Kier alpha value is -1.10. The van der Waals surface area contributed by atoms with Gasteiger partial charge in [-0.1, -0.05) is 0 Å². The Bertz CT molecular complexity index is 268. The zero-order valence-electron chi connectivity index (χ0n) is 11.3. The van der Waals surface area contributed by atoms with Gasteiger partial charge in [-0.25, -0.2) is 0 Å². The van der Waals surface area contributed by atoms with Crippen molar-refractivity contribution in [1.82, 2.24) is 0 Å². The maximum absolute atomic E-state index is 11.4. The second kappa shape index (κ2) is 6.59. The SMILES string of the molecule is CC(C)OC(=O)[C@H](N)CCC(=O)OC(C)(C)C. The third kappa shape index (κ3) is 8.68. The van der Waals surface area contributed by atoms with Crippen LogP contribution < -0.4 is 5.73 Å². The second-order valence-electron chi connectivity index (χ2n) is 5.22. The predicted octanol–water partition coefficient (Wildman–Crippen LogP) is 1.39. The fourth-order valence-electron chi connectivity index (χ4n) is 1.10. The second-order valence-corrected chi connectivity index (χ2v) is 5.22. The van der Waals surface area contributed by atoms with E-state index in [1.807, 2.05) is 0 Å². The summed E-state index contributed by atoms with van der Waals surface area (Å²) in [6.07, 6.45) is 0.154. The first kappa shape index (κ1) is 15.9.